The fourth-order valence-electron chi connectivity index (χ4n) is 1.64. The molecule has 5 nitrogen and oxygen atoms in total. The first-order valence-corrected chi connectivity index (χ1v) is 5.75. The van der Waals surface area contributed by atoms with E-state index in [1.807, 2.05) is 0 Å². The van der Waals surface area contributed by atoms with Gasteiger partial charge in [-0.05, 0) is 24.6 Å². The zero-order valence-corrected chi connectivity index (χ0v) is 10.9. The van der Waals surface area contributed by atoms with E-state index < -0.39 is 5.92 Å². The molecule has 0 radical (unpaired) electrons. The molecule has 0 fully saturated rings. The second-order valence-electron chi connectivity index (χ2n) is 3.69. The maximum Gasteiger partial charge on any atom is 0.314 e. The molecular weight excluding hydrogens is 234 g/mol. The molecule has 0 saturated carbocycles. The Morgan fingerprint density at radius 3 is 2.17 bits per heavy atom. The van der Waals surface area contributed by atoms with E-state index in [1.54, 1.807) is 39.3 Å². The first-order chi connectivity index (χ1) is 8.65. The molecule has 0 saturated heterocycles. The van der Waals surface area contributed by atoms with Crippen molar-refractivity contribution < 1.29 is 19.0 Å². The fourth-order valence-corrected chi connectivity index (χ4v) is 1.64. The number of esters is 1. The highest BCUT2D eigenvalue weighted by Crippen LogP contribution is 2.27. The van der Waals surface area contributed by atoms with Crippen molar-refractivity contribution in [2.75, 3.05) is 27.4 Å². The predicted molar refractivity (Wildman–Crippen MR) is 68.0 cm³/mol. The van der Waals surface area contributed by atoms with Crippen molar-refractivity contribution in [3.8, 4) is 11.5 Å². The molecule has 0 aromatic heterocycles. The van der Waals surface area contributed by atoms with Gasteiger partial charge in [-0.15, -0.1) is 0 Å². The van der Waals surface area contributed by atoms with E-state index in [9.17, 15) is 4.79 Å². The summed E-state index contributed by atoms with van der Waals surface area (Å²) in [7, 11) is 3.11. The van der Waals surface area contributed by atoms with Crippen molar-refractivity contribution in [1.29, 1.82) is 0 Å². The first-order valence-electron chi connectivity index (χ1n) is 5.75. The molecule has 0 unspecified atom stereocenters. The monoisotopic (exact) mass is 253 g/mol. The second-order valence-corrected chi connectivity index (χ2v) is 3.69. The molecule has 100 valence electrons. The van der Waals surface area contributed by atoms with Crippen LogP contribution in [0.2, 0.25) is 0 Å². The number of methoxy groups -OCH3 is 2. The topological polar surface area (TPSA) is 70.8 Å². The lowest BCUT2D eigenvalue weighted by Crippen LogP contribution is -2.23. The van der Waals surface area contributed by atoms with Gasteiger partial charge in [-0.3, -0.25) is 4.79 Å². The zero-order chi connectivity index (χ0) is 13.5. The molecule has 1 aromatic rings. The van der Waals surface area contributed by atoms with E-state index in [-0.39, 0.29) is 12.5 Å². The van der Waals surface area contributed by atoms with Crippen molar-refractivity contribution in [2.24, 2.45) is 5.73 Å². The number of carbonyl (C=O) groups is 1. The van der Waals surface area contributed by atoms with Gasteiger partial charge in [0.25, 0.3) is 0 Å². The number of benzene rings is 1. The van der Waals surface area contributed by atoms with Crippen molar-refractivity contribution in [3.05, 3.63) is 23.8 Å². The number of carbonyl (C=O) groups excluding carboxylic acids is 1. The lowest BCUT2D eigenvalue weighted by molar-refractivity contribution is -0.144. The lowest BCUT2D eigenvalue weighted by Gasteiger charge is -2.15. The fraction of sp³-hybridized carbons (Fsp3) is 0.462. The first kappa shape index (κ1) is 14.3. The van der Waals surface area contributed by atoms with E-state index in [0.29, 0.717) is 18.1 Å². The molecule has 2 N–H and O–H groups in total. The molecule has 1 rings (SSSR count). The Labute approximate surface area is 107 Å². The molecule has 0 spiro atoms. The summed E-state index contributed by atoms with van der Waals surface area (Å²) in [6, 6.07) is 5.26. The Bertz CT molecular complexity index is 384. The van der Waals surface area contributed by atoms with Crippen molar-refractivity contribution >= 4 is 5.97 Å². The summed E-state index contributed by atoms with van der Waals surface area (Å²) in [6.07, 6.45) is 0. The van der Waals surface area contributed by atoms with Crippen LogP contribution in [-0.2, 0) is 9.53 Å². The minimum absolute atomic E-state index is 0.176. The molecule has 0 heterocycles. The Hall–Kier alpha value is -1.75. The van der Waals surface area contributed by atoms with Crippen LogP contribution in [0.15, 0.2) is 18.2 Å². The van der Waals surface area contributed by atoms with Crippen molar-refractivity contribution in [3.63, 3.8) is 0 Å². The molecule has 0 aliphatic rings. The molecule has 1 aromatic carbocycles. The van der Waals surface area contributed by atoms with Crippen LogP contribution in [0.5, 0.6) is 11.5 Å². The smallest absolute Gasteiger partial charge is 0.314 e. The summed E-state index contributed by atoms with van der Waals surface area (Å²) in [5.74, 6) is 0.392. The maximum atomic E-state index is 11.8. The highest BCUT2D eigenvalue weighted by Gasteiger charge is 2.21. The molecule has 0 amide bonds. The molecule has 18 heavy (non-hydrogen) atoms. The highest BCUT2D eigenvalue weighted by molar-refractivity contribution is 5.78. The Morgan fingerprint density at radius 1 is 1.22 bits per heavy atom. The van der Waals surface area contributed by atoms with Crippen LogP contribution in [0.4, 0.5) is 0 Å². The van der Waals surface area contributed by atoms with E-state index >= 15 is 0 Å². The molecular formula is C13H19NO4. The van der Waals surface area contributed by atoms with Crippen LogP contribution < -0.4 is 15.2 Å². The number of nitrogens with two attached hydrogens (primary N) is 1. The van der Waals surface area contributed by atoms with Gasteiger partial charge in [-0.1, -0.05) is 0 Å². The third-order valence-corrected chi connectivity index (χ3v) is 2.58. The van der Waals surface area contributed by atoms with Gasteiger partial charge < -0.3 is 19.9 Å². The van der Waals surface area contributed by atoms with Gasteiger partial charge >= 0.3 is 5.97 Å². The van der Waals surface area contributed by atoms with Crippen molar-refractivity contribution in [2.45, 2.75) is 12.8 Å². The number of hydrogen-bond acceptors (Lipinski definition) is 5. The average Bonchev–Trinajstić information content (AvgIpc) is 2.39. The quantitative estimate of drug-likeness (QED) is 0.774. The summed E-state index contributed by atoms with van der Waals surface area (Å²) >= 11 is 0. The summed E-state index contributed by atoms with van der Waals surface area (Å²) in [5, 5.41) is 0. The minimum Gasteiger partial charge on any atom is -0.497 e. The Balaban J connectivity index is 3.07. The Kier molecular flexibility index (Phi) is 5.45. The number of hydrogen-bond donors (Lipinski definition) is 1. The van der Waals surface area contributed by atoms with Crippen LogP contribution in [0, 0.1) is 0 Å². The molecule has 5 heteroatoms. The number of ether oxygens (including phenoxy) is 3. The van der Waals surface area contributed by atoms with E-state index in [4.69, 9.17) is 19.9 Å². The van der Waals surface area contributed by atoms with Gasteiger partial charge in [0, 0.05) is 12.6 Å². The van der Waals surface area contributed by atoms with Gasteiger partial charge in [-0.25, -0.2) is 0 Å². The van der Waals surface area contributed by atoms with E-state index in [2.05, 4.69) is 0 Å². The SMILES string of the molecule is CCOC(=O)[C@H](CN)c1cc(OC)cc(OC)c1. The third-order valence-electron chi connectivity index (χ3n) is 2.58. The molecule has 0 aliphatic carbocycles. The minimum atomic E-state index is -0.506. The largest absolute Gasteiger partial charge is 0.497 e. The average molecular weight is 253 g/mol. The normalized spacial score (nSPS) is 11.8. The van der Waals surface area contributed by atoms with E-state index in [1.165, 1.54) is 0 Å². The van der Waals surface area contributed by atoms with Gasteiger partial charge in [0.15, 0.2) is 0 Å². The van der Waals surface area contributed by atoms with Crippen molar-refractivity contribution in [1.82, 2.24) is 0 Å². The predicted octanol–water partition coefficient (Wildman–Crippen LogP) is 1.31. The third kappa shape index (κ3) is 3.37. The summed E-state index contributed by atoms with van der Waals surface area (Å²) in [5.41, 5.74) is 6.37. The van der Waals surface area contributed by atoms with Crippen LogP contribution in [0.25, 0.3) is 0 Å². The maximum absolute atomic E-state index is 11.8. The van der Waals surface area contributed by atoms with Crippen LogP contribution in [-0.4, -0.2) is 33.3 Å². The van der Waals surface area contributed by atoms with Crippen LogP contribution in [0.3, 0.4) is 0 Å². The van der Waals surface area contributed by atoms with Gasteiger partial charge in [0.1, 0.15) is 11.5 Å². The van der Waals surface area contributed by atoms with Gasteiger partial charge in [0.05, 0.1) is 26.7 Å². The standard InChI is InChI=1S/C13H19NO4/c1-4-18-13(15)12(8-14)9-5-10(16-2)7-11(6-9)17-3/h5-7,12H,4,8,14H2,1-3H3/t12-/m1/s1. The Morgan fingerprint density at radius 2 is 1.78 bits per heavy atom. The molecule has 0 aliphatic heterocycles. The summed E-state index contributed by atoms with van der Waals surface area (Å²) < 4.78 is 15.3. The summed E-state index contributed by atoms with van der Waals surface area (Å²) in [4.78, 5) is 11.8. The number of rotatable bonds is 6. The highest BCUT2D eigenvalue weighted by atomic mass is 16.5. The van der Waals surface area contributed by atoms with E-state index in [0.717, 1.165) is 5.56 Å². The zero-order valence-electron chi connectivity index (χ0n) is 10.9. The molecule has 0 bridgehead atoms. The summed E-state index contributed by atoms with van der Waals surface area (Å²) in [6.45, 7) is 2.27. The van der Waals surface area contributed by atoms with Crippen LogP contribution in [0.1, 0.15) is 18.4 Å². The van der Waals surface area contributed by atoms with Gasteiger partial charge in [-0.2, -0.15) is 0 Å². The van der Waals surface area contributed by atoms with Crippen LogP contribution >= 0.6 is 0 Å². The van der Waals surface area contributed by atoms with Gasteiger partial charge in [0.2, 0.25) is 0 Å². The second kappa shape index (κ2) is 6.86. The lowest BCUT2D eigenvalue weighted by atomic mass is 9.99. The molecule has 1 atom stereocenters.